The predicted octanol–water partition coefficient (Wildman–Crippen LogP) is 5.90. The molecule has 0 aliphatic heterocycles. The van der Waals surface area contributed by atoms with E-state index in [2.05, 4.69) is 20.6 Å². The summed E-state index contributed by atoms with van der Waals surface area (Å²) in [6.45, 7) is 1.96. The first-order valence-electron chi connectivity index (χ1n) is 10.6. The Labute approximate surface area is 199 Å². The highest BCUT2D eigenvalue weighted by atomic mass is 19.4. The van der Waals surface area contributed by atoms with Gasteiger partial charge in [-0.05, 0) is 66.1 Å². The number of anilines is 2. The van der Waals surface area contributed by atoms with E-state index in [0.29, 0.717) is 5.69 Å². The summed E-state index contributed by atoms with van der Waals surface area (Å²) < 4.78 is 46.4. The van der Waals surface area contributed by atoms with Gasteiger partial charge in [0.15, 0.2) is 0 Å². The minimum atomic E-state index is -4.56. The van der Waals surface area contributed by atoms with Crippen LogP contribution in [-0.2, 0) is 6.18 Å². The second-order valence-electron chi connectivity index (χ2n) is 7.76. The van der Waals surface area contributed by atoms with Crippen molar-refractivity contribution < 1.29 is 22.7 Å². The number of alkyl halides is 3. The smallest absolute Gasteiger partial charge is 0.416 e. The quantitative estimate of drug-likeness (QED) is 0.360. The van der Waals surface area contributed by atoms with Crippen LogP contribution in [0.15, 0.2) is 79.6 Å². The maximum Gasteiger partial charge on any atom is 0.416 e. The van der Waals surface area contributed by atoms with E-state index in [-0.39, 0.29) is 17.5 Å². The van der Waals surface area contributed by atoms with Crippen molar-refractivity contribution in [2.75, 3.05) is 17.7 Å². The molecule has 0 radical (unpaired) electrons. The fraction of sp³-hybridized carbons (Fsp3) is 0.160. The van der Waals surface area contributed by atoms with Gasteiger partial charge in [-0.25, -0.2) is 9.78 Å². The van der Waals surface area contributed by atoms with Crippen molar-refractivity contribution >= 4 is 17.4 Å². The zero-order valence-corrected chi connectivity index (χ0v) is 18.9. The van der Waals surface area contributed by atoms with Crippen molar-refractivity contribution in [2.24, 2.45) is 0 Å². The molecule has 2 aromatic carbocycles. The highest BCUT2D eigenvalue weighted by molar-refractivity contribution is 6.00. The van der Waals surface area contributed by atoms with Gasteiger partial charge >= 0.3 is 12.2 Å². The van der Waals surface area contributed by atoms with Gasteiger partial charge in [0.2, 0.25) is 0 Å². The molecule has 0 fully saturated rings. The van der Waals surface area contributed by atoms with Crippen LogP contribution in [-0.4, -0.2) is 27.7 Å². The number of aryl methyl sites for hydroxylation is 1. The van der Waals surface area contributed by atoms with Gasteiger partial charge in [-0.3, -0.25) is 4.98 Å². The van der Waals surface area contributed by atoms with Gasteiger partial charge in [0.25, 0.3) is 0 Å². The van der Waals surface area contributed by atoms with Crippen molar-refractivity contribution in [3.05, 3.63) is 102 Å². The van der Waals surface area contributed by atoms with Crippen molar-refractivity contribution in [1.82, 2.24) is 14.5 Å². The zero-order valence-electron chi connectivity index (χ0n) is 18.9. The summed E-state index contributed by atoms with van der Waals surface area (Å²) in [4.78, 5) is 20.9. The number of carbonyl (C=O) groups excluding carboxylic acids is 1. The van der Waals surface area contributed by atoms with Gasteiger partial charge in [-0.1, -0.05) is 6.07 Å². The third-order valence-electron chi connectivity index (χ3n) is 5.45. The van der Waals surface area contributed by atoms with E-state index in [1.54, 1.807) is 31.0 Å². The molecule has 2 amide bonds. The van der Waals surface area contributed by atoms with Gasteiger partial charge in [0.05, 0.1) is 30.7 Å². The highest BCUT2D eigenvalue weighted by Gasteiger charge is 2.31. The fourth-order valence-electron chi connectivity index (χ4n) is 3.76. The molecule has 0 spiro atoms. The summed E-state index contributed by atoms with van der Waals surface area (Å²) in [6, 6.07) is 11.2. The largest absolute Gasteiger partial charge is 0.495 e. The summed E-state index contributed by atoms with van der Waals surface area (Å²) in [5, 5.41) is 5.14. The van der Waals surface area contributed by atoms with Gasteiger partial charge in [0.1, 0.15) is 5.75 Å². The molecule has 7 nitrogen and oxygen atoms in total. The highest BCUT2D eigenvalue weighted by Crippen LogP contribution is 2.35. The van der Waals surface area contributed by atoms with Gasteiger partial charge in [-0.15, -0.1) is 0 Å². The molecule has 0 bridgehead atoms. The SMILES string of the molecule is COc1ccc(C(F)(F)F)cc1NC(=O)Nc1ccc(C)c(C(c2ccncc2)n2ccnc2)c1. The lowest BCUT2D eigenvalue weighted by Crippen LogP contribution is -2.21. The third-order valence-corrected chi connectivity index (χ3v) is 5.45. The molecule has 35 heavy (non-hydrogen) atoms. The molecule has 0 saturated carbocycles. The predicted molar refractivity (Wildman–Crippen MR) is 126 cm³/mol. The Balaban J connectivity index is 1.62. The average molecular weight is 481 g/mol. The Kier molecular flexibility index (Phi) is 6.72. The molecule has 2 heterocycles. The van der Waals surface area contributed by atoms with E-state index in [1.165, 1.54) is 7.11 Å². The number of ether oxygens (including phenoxy) is 1. The number of hydrogen-bond acceptors (Lipinski definition) is 4. The van der Waals surface area contributed by atoms with Crippen molar-refractivity contribution in [3.63, 3.8) is 0 Å². The molecule has 0 saturated heterocycles. The van der Waals surface area contributed by atoms with Crippen molar-refractivity contribution in [2.45, 2.75) is 19.1 Å². The number of hydrogen-bond donors (Lipinski definition) is 2. The molecule has 0 aliphatic carbocycles. The van der Waals surface area contributed by atoms with E-state index in [0.717, 1.165) is 34.9 Å². The van der Waals surface area contributed by atoms with Crippen LogP contribution in [0.5, 0.6) is 5.75 Å². The molecular weight excluding hydrogens is 459 g/mol. The van der Waals surface area contributed by atoms with E-state index in [9.17, 15) is 18.0 Å². The molecule has 10 heteroatoms. The van der Waals surface area contributed by atoms with Crippen LogP contribution in [0.2, 0.25) is 0 Å². The second-order valence-corrected chi connectivity index (χ2v) is 7.76. The Hall–Kier alpha value is -4.34. The first kappa shape index (κ1) is 23.8. The Bertz CT molecular complexity index is 1310. The summed E-state index contributed by atoms with van der Waals surface area (Å²) in [5.41, 5.74) is 2.33. The number of nitrogens with one attached hydrogen (secondary N) is 2. The van der Waals surface area contributed by atoms with E-state index in [4.69, 9.17) is 4.74 Å². The van der Waals surface area contributed by atoms with Gasteiger partial charge in [0, 0.05) is 30.5 Å². The maximum atomic E-state index is 13.1. The van der Waals surface area contributed by atoms with Crippen LogP contribution in [0, 0.1) is 6.92 Å². The van der Waals surface area contributed by atoms with Crippen LogP contribution in [0.3, 0.4) is 0 Å². The van der Waals surface area contributed by atoms with Crippen molar-refractivity contribution in [1.29, 1.82) is 0 Å². The number of nitrogens with zero attached hydrogens (tertiary/aromatic N) is 3. The number of rotatable bonds is 6. The number of methoxy groups -OCH3 is 1. The van der Waals surface area contributed by atoms with Crippen LogP contribution < -0.4 is 15.4 Å². The molecule has 180 valence electrons. The van der Waals surface area contributed by atoms with Crippen LogP contribution in [0.4, 0.5) is 29.3 Å². The molecule has 4 aromatic rings. The molecule has 1 unspecified atom stereocenters. The Morgan fingerprint density at radius 2 is 1.77 bits per heavy atom. The van der Waals surface area contributed by atoms with Crippen molar-refractivity contribution in [3.8, 4) is 5.75 Å². The lowest BCUT2D eigenvalue weighted by atomic mass is 9.95. The van der Waals surface area contributed by atoms with Crippen LogP contribution >= 0.6 is 0 Å². The number of pyridine rings is 1. The van der Waals surface area contributed by atoms with E-state index >= 15 is 0 Å². The number of urea groups is 1. The summed E-state index contributed by atoms with van der Waals surface area (Å²) in [6.07, 6.45) is 4.08. The normalized spacial score (nSPS) is 12.1. The minimum Gasteiger partial charge on any atom is -0.495 e. The maximum absolute atomic E-state index is 13.1. The number of imidazole rings is 1. The standard InChI is InChI=1S/C25H22F3N5O2/c1-16-3-5-19(14-20(16)23(33-12-11-30-15-33)17-7-9-29-10-8-17)31-24(34)32-21-13-18(25(26,27)28)4-6-22(21)35-2/h3-15,23H,1-2H3,(H2,31,32,34). The van der Waals surface area contributed by atoms with E-state index < -0.39 is 17.8 Å². The number of amides is 2. The van der Waals surface area contributed by atoms with Gasteiger partial charge < -0.3 is 19.9 Å². The minimum absolute atomic E-state index is 0.0970. The molecular formula is C25H22F3N5O2. The van der Waals surface area contributed by atoms with Crippen LogP contribution in [0.1, 0.15) is 28.3 Å². The summed E-state index contributed by atoms with van der Waals surface area (Å²) >= 11 is 0. The number of benzene rings is 2. The zero-order chi connectivity index (χ0) is 25.0. The topological polar surface area (TPSA) is 81.1 Å². The Morgan fingerprint density at radius 3 is 2.43 bits per heavy atom. The number of carbonyl (C=O) groups is 1. The van der Waals surface area contributed by atoms with E-state index in [1.807, 2.05) is 42.0 Å². The van der Waals surface area contributed by atoms with Crippen LogP contribution in [0.25, 0.3) is 0 Å². The number of aromatic nitrogens is 3. The second kappa shape index (κ2) is 9.88. The molecule has 2 aromatic heterocycles. The molecule has 0 aliphatic rings. The fourth-order valence-corrected chi connectivity index (χ4v) is 3.76. The average Bonchev–Trinajstić information content (AvgIpc) is 3.36. The summed E-state index contributed by atoms with van der Waals surface area (Å²) in [7, 11) is 1.31. The lowest BCUT2D eigenvalue weighted by molar-refractivity contribution is -0.137. The summed E-state index contributed by atoms with van der Waals surface area (Å²) in [5.74, 6) is 0.107. The first-order chi connectivity index (χ1) is 16.8. The molecule has 1 atom stereocenters. The third kappa shape index (κ3) is 5.43. The monoisotopic (exact) mass is 481 g/mol. The lowest BCUT2D eigenvalue weighted by Gasteiger charge is -2.22. The Morgan fingerprint density at radius 1 is 1.00 bits per heavy atom. The van der Waals surface area contributed by atoms with Gasteiger partial charge in [-0.2, -0.15) is 13.2 Å². The first-order valence-corrected chi connectivity index (χ1v) is 10.6. The molecule has 4 rings (SSSR count). The molecule has 2 N–H and O–H groups in total. The number of halogens is 3.